The van der Waals surface area contributed by atoms with Gasteiger partial charge >= 0.3 is 0 Å². The molecule has 0 radical (unpaired) electrons. The molecule has 5 nitrogen and oxygen atoms in total. The quantitative estimate of drug-likeness (QED) is 0.755. The summed E-state index contributed by atoms with van der Waals surface area (Å²) in [6.45, 7) is 1.81. The summed E-state index contributed by atoms with van der Waals surface area (Å²) >= 11 is 5.80. The van der Waals surface area contributed by atoms with E-state index in [-0.39, 0.29) is 10.9 Å². The predicted octanol–water partition coefficient (Wildman–Crippen LogP) is 3.57. The highest BCUT2D eigenvalue weighted by Crippen LogP contribution is 2.20. The number of halogens is 1. The van der Waals surface area contributed by atoms with Crippen LogP contribution in [0.15, 0.2) is 72.1 Å². The molecule has 0 spiro atoms. The van der Waals surface area contributed by atoms with E-state index in [4.69, 9.17) is 11.6 Å². The molecule has 1 unspecified atom stereocenters. The van der Waals surface area contributed by atoms with E-state index < -0.39 is 10.0 Å². The summed E-state index contributed by atoms with van der Waals surface area (Å²) in [6.07, 6.45) is 5.26. The minimum Gasteiger partial charge on any atom is -0.306 e. The van der Waals surface area contributed by atoms with Crippen molar-refractivity contribution < 1.29 is 8.42 Å². The van der Waals surface area contributed by atoms with Crippen molar-refractivity contribution in [2.45, 2.75) is 17.9 Å². The number of nitrogens with zero attached hydrogens (tertiary/aromatic N) is 2. The minimum absolute atomic E-state index is 0.189. The fourth-order valence-corrected chi connectivity index (χ4v) is 3.69. The summed E-state index contributed by atoms with van der Waals surface area (Å²) in [5.41, 5.74) is 1.83. The Morgan fingerprint density at radius 2 is 1.75 bits per heavy atom. The third-order valence-electron chi connectivity index (χ3n) is 3.65. The van der Waals surface area contributed by atoms with Gasteiger partial charge in [-0.2, -0.15) is 0 Å². The average molecular weight is 362 g/mol. The second-order valence-electron chi connectivity index (χ2n) is 5.36. The Morgan fingerprint density at radius 1 is 1.08 bits per heavy atom. The van der Waals surface area contributed by atoms with E-state index in [1.54, 1.807) is 31.6 Å². The lowest BCUT2D eigenvalue weighted by Crippen LogP contribution is -2.26. The summed E-state index contributed by atoms with van der Waals surface area (Å²) in [7, 11) is -3.60. The highest BCUT2D eigenvalue weighted by atomic mass is 35.5. The molecule has 0 aliphatic carbocycles. The van der Waals surface area contributed by atoms with Gasteiger partial charge in [-0.05, 0) is 48.9 Å². The Labute approximate surface area is 146 Å². The van der Waals surface area contributed by atoms with Crippen LogP contribution in [0.1, 0.15) is 18.5 Å². The first kappa shape index (κ1) is 16.7. The number of imidazole rings is 1. The second-order valence-corrected chi connectivity index (χ2v) is 7.51. The summed E-state index contributed by atoms with van der Waals surface area (Å²) in [5.74, 6) is 0. The Kier molecular flexibility index (Phi) is 4.71. The highest BCUT2D eigenvalue weighted by Gasteiger charge is 2.18. The third kappa shape index (κ3) is 3.67. The predicted molar refractivity (Wildman–Crippen MR) is 93.8 cm³/mol. The van der Waals surface area contributed by atoms with Crippen LogP contribution in [0.4, 0.5) is 0 Å². The molecule has 1 aromatic heterocycles. The number of sulfonamides is 1. The lowest BCUT2D eigenvalue weighted by atomic mass is 10.1. The largest absolute Gasteiger partial charge is 0.306 e. The van der Waals surface area contributed by atoms with Crippen LogP contribution < -0.4 is 4.72 Å². The number of hydrogen-bond donors (Lipinski definition) is 1. The number of aromatic nitrogens is 2. The standard InChI is InChI=1S/C17H16ClN3O2S/c1-13(20-24(22,23)17-8-4-15(18)5-9-17)14-2-6-16(7-3-14)21-11-10-19-12-21/h2-13,20H,1H3. The lowest BCUT2D eigenvalue weighted by Gasteiger charge is -2.15. The fourth-order valence-electron chi connectivity index (χ4n) is 2.33. The highest BCUT2D eigenvalue weighted by molar-refractivity contribution is 7.89. The Balaban J connectivity index is 1.76. The van der Waals surface area contributed by atoms with Gasteiger partial charge in [0.25, 0.3) is 0 Å². The first-order chi connectivity index (χ1) is 11.5. The maximum absolute atomic E-state index is 12.4. The first-order valence-electron chi connectivity index (χ1n) is 7.32. The molecule has 7 heteroatoms. The molecule has 0 aliphatic rings. The Hall–Kier alpha value is -2.15. The molecule has 0 amide bonds. The molecule has 0 fully saturated rings. The first-order valence-corrected chi connectivity index (χ1v) is 9.18. The van der Waals surface area contributed by atoms with Crippen molar-refractivity contribution in [1.29, 1.82) is 0 Å². The van der Waals surface area contributed by atoms with Crippen molar-refractivity contribution in [2.75, 3.05) is 0 Å². The molecule has 0 bridgehead atoms. The monoisotopic (exact) mass is 361 g/mol. The summed E-state index contributed by atoms with van der Waals surface area (Å²) in [5, 5.41) is 0.497. The Bertz CT molecular complexity index is 905. The number of rotatable bonds is 5. The summed E-state index contributed by atoms with van der Waals surface area (Å²) in [6, 6.07) is 13.4. The van der Waals surface area contributed by atoms with E-state index in [1.165, 1.54) is 12.1 Å². The molecule has 3 aromatic rings. The van der Waals surface area contributed by atoms with E-state index in [0.29, 0.717) is 5.02 Å². The van der Waals surface area contributed by atoms with Gasteiger partial charge in [0.2, 0.25) is 10.0 Å². The SMILES string of the molecule is CC(NS(=O)(=O)c1ccc(Cl)cc1)c1ccc(-n2ccnc2)cc1. The van der Waals surface area contributed by atoms with Gasteiger partial charge in [-0.1, -0.05) is 23.7 Å². The van der Waals surface area contributed by atoms with Crippen LogP contribution in [0, 0.1) is 0 Å². The van der Waals surface area contributed by atoms with Gasteiger partial charge in [-0.15, -0.1) is 0 Å². The van der Waals surface area contributed by atoms with Crippen LogP contribution in [-0.4, -0.2) is 18.0 Å². The van der Waals surface area contributed by atoms with Crippen LogP contribution in [0.25, 0.3) is 5.69 Å². The molecule has 1 N–H and O–H groups in total. The molecular weight excluding hydrogens is 346 g/mol. The normalized spacial score (nSPS) is 12.9. The number of hydrogen-bond acceptors (Lipinski definition) is 3. The van der Waals surface area contributed by atoms with Crippen molar-refractivity contribution in [3.05, 3.63) is 77.8 Å². The molecule has 1 heterocycles. The maximum Gasteiger partial charge on any atom is 0.241 e. The van der Waals surface area contributed by atoms with Crippen LogP contribution in [0.2, 0.25) is 5.02 Å². The molecule has 1 atom stereocenters. The zero-order chi connectivity index (χ0) is 17.2. The fraction of sp³-hybridized carbons (Fsp3) is 0.118. The van der Waals surface area contributed by atoms with Crippen LogP contribution in [-0.2, 0) is 10.0 Å². The molecule has 24 heavy (non-hydrogen) atoms. The van der Waals surface area contributed by atoms with Crippen LogP contribution in [0.5, 0.6) is 0 Å². The van der Waals surface area contributed by atoms with Gasteiger partial charge in [-0.3, -0.25) is 0 Å². The molecule has 0 aliphatic heterocycles. The van der Waals surface area contributed by atoms with Gasteiger partial charge in [0, 0.05) is 29.1 Å². The van der Waals surface area contributed by atoms with Gasteiger partial charge in [-0.25, -0.2) is 18.1 Å². The van der Waals surface area contributed by atoms with Gasteiger partial charge in [0.15, 0.2) is 0 Å². The average Bonchev–Trinajstić information content (AvgIpc) is 3.09. The number of benzene rings is 2. The molecule has 0 saturated carbocycles. The van der Waals surface area contributed by atoms with Crippen molar-refractivity contribution in [3.63, 3.8) is 0 Å². The second kappa shape index (κ2) is 6.76. The zero-order valence-corrected chi connectivity index (χ0v) is 14.5. The number of nitrogens with one attached hydrogen (secondary N) is 1. The molecule has 124 valence electrons. The zero-order valence-electron chi connectivity index (χ0n) is 12.9. The third-order valence-corrected chi connectivity index (χ3v) is 5.46. The lowest BCUT2D eigenvalue weighted by molar-refractivity contribution is 0.567. The minimum atomic E-state index is -3.60. The topological polar surface area (TPSA) is 64.0 Å². The van der Waals surface area contributed by atoms with E-state index in [2.05, 4.69) is 9.71 Å². The van der Waals surface area contributed by atoms with Crippen LogP contribution >= 0.6 is 11.6 Å². The van der Waals surface area contributed by atoms with Gasteiger partial charge in [0.1, 0.15) is 0 Å². The summed E-state index contributed by atoms with van der Waals surface area (Å²) in [4.78, 5) is 4.19. The van der Waals surface area contributed by atoms with Gasteiger partial charge in [0.05, 0.1) is 11.2 Å². The summed E-state index contributed by atoms with van der Waals surface area (Å²) < 4.78 is 29.4. The molecule has 3 rings (SSSR count). The molecule has 2 aromatic carbocycles. The van der Waals surface area contributed by atoms with Crippen molar-refractivity contribution in [2.24, 2.45) is 0 Å². The smallest absolute Gasteiger partial charge is 0.241 e. The Morgan fingerprint density at radius 3 is 2.33 bits per heavy atom. The van der Waals surface area contributed by atoms with Crippen molar-refractivity contribution in [1.82, 2.24) is 14.3 Å². The van der Waals surface area contributed by atoms with E-state index in [1.807, 2.05) is 35.0 Å². The molecule has 0 saturated heterocycles. The van der Waals surface area contributed by atoms with E-state index >= 15 is 0 Å². The van der Waals surface area contributed by atoms with Crippen LogP contribution in [0.3, 0.4) is 0 Å². The van der Waals surface area contributed by atoms with E-state index in [0.717, 1.165) is 11.3 Å². The van der Waals surface area contributed by atoms with E-state index in [9.17, 15) is 8.42 Å². The van der Waals surface area contributed by atoms with Crippen molar-refractivity contribution >= 4 is 21.6 Å². The molecular formula is C17H16ClN3O2S. The van der Waals surface area contributed by atoms with Gasteiger partial charge < -0.3 is 4.57 Å². The van der Waals surface area contributed by atoms with Crippen molar-refractivity contribution in [3.8, 4) is 5.69 Å². The maximum atomic E-state index is 12.4.